The normalized spacial score (nSPS) is 28.8. The van der Waals surface area contributed by atoms with Crippen molar-refractivity contribution in [3.8, 4) is 0 Å². The summed E-state index contributed by atoms with van der Waals surface area (Å²) in [6.45, 7) is 2.85. The van der Waals surface area contributed by atoms with E-state index in [0.717, 1.165) is 23.7 Å². The van der Waals surface area contributed by atoms with Crippen LogP contribution in [0.25, 0.3) is 0 Å². The highest BCUT2D eigenvalue weighted by atomic mass is 32.2. The van der Waals surface area contributed by atoms with Crippen molar-refractivity contribution in [1.82, 2.24) is 0 Å². The third kappa shape index (κ3) is 2.25. The van der Waals surface area contributed by atoms with Crippen LogP contribution < -0.4 is 5.73 Å². The fourth-order valence-corrected chi connectivity index (χ4v) is 3.83. The van der Waals surface area contributed by atoms with Gasteiger partial charge in [-0.25, -0.2) is 4.39 Å². The standard InChI is InChI=1S/C13H18FNS/c1-2-10-7-13(8-10,9-15)16-12-6-4-3-5-11(12)14/h3-6,10H,2,7-9,15H2,1H3. The Morgan fingerprint density at radius 1 is 1.44 bits per heavy atom. The van der Waals surface area contributed by atoms with Crippen LogP contribution in [0.15, 0.2) is 29.2 Å². The average Bonchev–Trinajstić information content (AvgIpc) is 2.25. The van der Waals surface area contributed by atoms with Crippen molar-refractivity contribution < 1.29 is 4.39 Å². The van der Waals surface area contributed by atoms with Gasteiger partial charge in [0.1, 0.15) is 5.82 Å². The second-order valence-electron chi connectivity index (χ2n) is 4.60. The summed E-state index contributed by atoms with van der Waals surface area (Å²) in [5.41, 5.74) is 5.84. The molecule has 1 saturated carbocycles. The molecular weight excluding hydrogens is 221 g/mol. The van der Waals surface area contributed by atoms with Gasteiger partial charge in [-0.1, -0.05) is 25.5 Å². The van der Waals surface area contributed by atoms with E-state index in [1.165, 1.54) is 12.5 Å². The molecule has 1 aliphatic rings. The van der Waals surface area contributed by atoms with Gasteiger partial charge in [-0.2, -0.15) is 0 Å². The van der Waals surface area contributed by atoms with Crippen molar-refractivity contribution in [2.24, 2.45) is 11.7 Å². The van der Waals surface area contributed by atoms with Gasteiger partial charge in [0.15, 0.2) is 0 Å². The number of benzene rings is 1. The fraction of sp³-hybridized carbons (Fsp3) is 0.538. The van der Waals surface area contributed by atoms with E-state index in [0.29, 0.717) is 6.54 Å². The van der Waals surface area contributed by atoms with E-state index in [1.807, 2.05) is 12.1 Å². The predicted octanol–water partition coefficient (Wildman–Crippen LogP) is 3.44. The molecule has 1 nitrogen and oxygen atoms in total. The van der Waals surface area contributed by atoms with Gasteiger partial charge in [0.2, 0.25) is 0 Å². The van der Waals surface area contributed by atoms with Gasteiger partial charge in [0.05, 0.1) is 0 Å². The zero-order valence-electron chi connectivity index (χ0n) is 9.58. The highest BCUT2D eigenvalue weighted by Crippen LogP contribution is 2.51. The predicted molar refractivity (Wildman–Crippen MR) is 67.1 cm³/mol. The molecule has 0 heterocycles. The zero-order valence-corrected chi connectivity index (χ0v) is 10.4. The molecule has 1 aliphatic carbocycles. The number of thioether (sulfide) groups is 1. The molecule has 88 valence electrons. The summed E-state index contributed by atoms with van der Waals surface area (Å²) in [7, 11) is 0. The SMILES string of the molecule is CCC1CC(CN)(Sc2ccccc2F)C1. The van der Waals surface area contributed by atoms with Gasteiger partial charge in [-0.15, -0.1) is 11.8 Å². The lowest BCUT2D eigenvalue weighted by molar-refractivity contribution is 0.228. The Balaban J connectivity index is 2.06. The molecule has 0 unspecified atom stereocenters. The van der Waals surface area contributed by atoms with Crippen molar-refractivity contribution in [3.63, 3.8) is 0 Å². The first-order valence-electron chi connectivity index (χ1n) is 5.83. The number of hydrogen-bond acceptors (Lipinski definition) is 2. The largest absolute Gasteiger partial charge is 0.329 e. The van der Waals surface area contributed by atoms with Crippen molar-refractivity contribution in [2.45, 2.75) is 35.8 Å². The molecule has 1 aromatic carbocycles. The minimum absolute atomic E-state index is 0.0862. The molecule has 0 saturated heterocycles. The lowest BCUT2D eigenvalue weighted by Crippen LogP contribution is -2.46. The number of rotatable bonds is 4. The van der Waals surface area contributed by atoms with E-state index < -0.39 is 0 Å². The summed E-state index contributed by atoms with van der Waals surface area (Å²) < 4.78 is 13.6. The Kier molecular flexibility index (Phi) is 3.55. The molecule has 1 fully saturated rings. The van der Waals surface area contributed by atoms with Gasteiger partial charge in [0, 0.05) is 16.2 Å². The molecule has 0 aromatic heterocycles. The van der Waals surface area contributed by atoms with Crippen molar-refractivity contribution in [1.29, 1.82) is 0 Å². The minimum atomic E-state index is -0.125. The van der Waals surface area contributed by atoms with Gasteiger partial charge in [0.25, 0.3) is 0 Å². The average molecular weight is 239 g/mol. The summed E-state index contributed by atoms with van der Waals surface area (Å²) >= 11 is 1.62. The summed E-state index contributed by atoms with van der Waals surface area (Å²) in [6.07, 6.45) is 3.46. The first kappa shape index (κ1) is 11.9. The molecule has 0 atom stereocenters. The molecule has 3 heteroatoms. The molecule has 0 spiro atoms. The molecule has 0 aliphatic heterocycles. The van der Waals surface area contributed by atoms with E-state index >= 15 is 0 Å². The van der Waals surface area contributed by atoms with E-state index in [4.69, 9.17) is 5.73 Å². The second-order valence-corrected chi connectivity index (χ2v) is 6.11. The van der Waals surface area contributed by atoms with Crippen LogP contribution in [0.1, 0.15) is 26.2 Å². The monoisotopic (exact) mass is 239 g/mol. The third-order valence-electron chi connectivity index (χ3n) is 3.43. The van der Waals surface area contributed by atoms with Crippen molar-refractivity contribution in [2.75, 3.05) is 6.54 Å². The van der Waals surface area contributed by atoms with Crippen molar-refractivity contribution >= 4 is 11.8 Å². The van der Waals surface area contributed by atoms with Crippen LogP contribution in [0.5, 0.6) is 0 Å². The molecule has 16 heavy (non-hydrogen) atoms. The smallest absolute Gasteiger partial charge is 0.136 e. The van der Waals surface area contributed by atoms with E-state index in [-0.39, 0.29) is 10.6 Å². The first-order chi connectivity index (χ1) is 7.69. The number of nitrogens with two attached hydrogens (primary N) is 1. The maximum atomic E-state index is 13.5. The number of halogens is 1. The molecule has 0 bridgehead atoms. The van der Waals surface area contributed by atoms with Gasteiger partial charge >= 0.3 is 0 Å². The molecule has 0 radical (unpaired) electrons. The summed E-state index contributed by atoms with van der Waals surface area (Å²) in [5.74, 6) is 0.656. The van der Waals surface area contributed by atoms with Crippen LogP contribution in [-0.4, -0.2) is 11.3 Å². The molecule has 2 N–H and O–H groups in total. The fourth-order valence-electron chi connectivity index (χ4n) is 2.33. The highest BCUT2D eigenvalue weighted by Gasteiger charge is 2.43. The summed E-state index contributed by atoms with van der Waals surface area (Å²) in [5, 5.41) is 0. The quantitative estimate of drug-likeness (QED) is 0.871. The Morgan fingerprint density at radius 2 is 2.12 bits per heavy atom. The Labute approximate surface area is 101 Å². The van der Waals surface area contributed by atoms with Crippen LogP contribution in [0.2, 0.25) is 0 Å². The second kappa shape index (κ2) is 4.76. The molecular formula is C13H18FNS. The Bertz CT molecular complexity index is 361. The van der Waals surface area contributed by atoms with Crippen LogP contribution in [0.4, 0.5) is 4.39 Å². The minimum Gasteiger partial charge on any atom is -0.329 e. The van der Waals surface area contributed by atoms with Gasteiger partial charge < -0.3 is 5.73 Å². The highest BCUT2D eigenvalue weighted by molar-refractivity contribution is 8.00. The van der Waals surface area contributed by atoms with Crippen LogP contribution in [0, 0.1) is 11.7 Å². The van der Waals surface area contributed by atoms with Crippen molar-refractivity contribution in [3.05, 3.63) is 30.1 Å². The Morgan fingerprint density at radius 3 is 2.69 bits per heavy atom. The molecule has 0 amide bonds. The maximum absolute atomic E-state index is 13.5. The van der Waals surface area contributed by atoms with Crippen LogP contribution >= 0.6 is 11.8 Å². The van der Waals surface area contributed by atoms with E-state index in [2.05, 4.69) is 6.92 Å². The number of hydrogen-bond donors (Lipinski definition) is 1. The Hall–Kier alpha value is -0.540. The summed E-state index contributed by atoms with van der Waals surface area (Å²) in [4.78, 5) is 0.738. The van der Waals surface area contributed by atoms with E-state index in [1.54, 1.807) is 17.8 Å². The van der Waals surface area contributed by atoms with Crippen LogP contribution in [0.3, 0.4) is 0 Å². The maximum Gasteiger partial charge on any atom is 0.136 e. The topological polar surface area (TPSA) is 26.0 Å². The molecule has 2 rings (SSSR count). The van der Waals surface area contributed by atoms with Gasteiger partial charge in [-0.05, 0) is 30.9 Å². The van der Waals surface area contributed by atoms with E-state index in [9.17, 15) is 4.39 Å². The zero-order chi connectivity index (χ0) is 11.6. The van der Waals surface area contributed by atoms with Crippen LogP contribution in [-0.2, 0) is 0 Å². The lowest BCUT2D eigenvalue weighted by atomic mass is 9.73. The summed E-state index contributed by atoms with van der Waals surface area (Å²) in [6, 6.07) is 6.97. The lowest BCUT2D eigenvalue weighted by Gasteiger charge is -2.46. The molecule has 1 aromatic rings. The third-order valence-corrected chi connectivity index (χ3v) is 4.92. The van der Waals surface area contributed by atoms with Gasteiger partial charge in [-0.3, -0.25) is 0 Å². The first-order valence-corrected chi connectivity index (χ1v) is 6.64.